The van der Waals surface area contributed by atoms with E-state index in [4.69, 9.17) is 13.5 Å². The predicted molar refractivity (Wildman–Crippen MR) is 98.4 cm³/mol. The fourth-order valence-electron chi connectivity index (χ4n) is 4.28. The molecule has 0 aromatic heterocycles. The average Bonchev–Trinajstić information content (AvgIpc) is 3.09. The molecule has 0 amide bonds. The van der Waals surface area contributed by atoms with Crippen molar-refractivity contribution in [2.45, 2.75) is 55.6 Å². The van der Waals surface area contributed by atoms with Crippen LogP contribution in [0.5, 0.6) is 0 Å². The molecule has 0 N–H and O–H groups in total. The van der Waals surface area contributed by atoms with Crippen LogP contribution in [0.3, 0.4) is 0 Å². The molecule has 0 fully saturated rings. The van der Waals surface area contributed by atoms with Crippen LogP contribution in [0.15, 0.2) is 52.6 Å². The van der Waals surface area contributed by atoms with E-state index in [0.717, 1.165) is 14.2 Å². The van der Waals surface area contributed by atoms with Gasteiger partial charge in [0.1, 0.15) is 0 Å². The fraction of sp³-hybridized carbons (Fsp3) is 0.500. The van der Waals surface area contributed by atoms with Gasteiger partial charge >= 0.3 is 147 Å². The van der Waals surface area contributed by atoms with Crippen molar-refractivity contribution < 1.29 is 37.9 Å². The molecule has 0 unspecified atom stereocenters. The van der Waals surface area contributed by atoms with Gasteiger partial charge in [-0.3, -0.25) is 0 Å². The fourth-order valence-corrected chi connectivity index (χ4v) is 6.26. The van der Waals surface area contributed by atoms with Crippen LogP contribution in [0.1, 0.15) is 61.7 Å². The van der Waals surface area contributed by atoms with Crippen LogP contribution in [0.25, 0.3) is 0 Å². The first kappa shape index (κ1) is 22.1. The number of benzene rings is 1. The Labute approximate surface area is 171 Å². The van der Waals surface area contributed by atoms with E-state index in [2.05, 4.69) is 0 Å². The molecule has 3 aliphatic rings. The van der Waals surface area contributed by atoms with E-state index in [1.54, 1.807) is 22.3 Å². The van der Waals surface area contributed by atoms with Crippen LogP contribution in [0, 0.1) is 0 Å². The number of carbonyl (C=O) groups is 1. The van der Waals surface area contributed by atoms with Gasteiger partial charge in [-0.1, -0.05) is 0 Å². The van der Waals surface area contributed by atoms with Crippen molar-refractivity contribution in [1.29, 1.82) is 0 Å². The van der Waals surface area contributed by atoms with Crippen LogP contribution >= 0.6 is 0 Å². The zero-order valence-electron chi connectivity index (χ0n) is 16.3. The second-order valence-electron chi connectivity index (χ2n) is 6.73. The molecule has 0 saturated heterocycles. The number of hydrogen-bond acceptors (Lipinski definition) is 4. The van der Waals surface area contributed by atoms with Crippen molar-refractivity contribution in [2.75, 3.05) is 14.2 Å². The molecule has 0 atom stereocenters. The minimum atomic E-state index is -0.757. The van der Waals surface area contributed by atoms with Crippen LogP contribution in [0.2, 0.25) is 4.22 Å². The topological polar surface area (TPSA) is 72.4 Å². The molecule has 4 rings (SSSR count). The summed E-state index contributed by atoms with van der Waals surface area (Å²) in [4.78, 5) is 12.3. The first-order valence-electron chi connectivity index (χ1n) is 9.62. The third-order valence-corrected chi connectivity index (χ3v) is 7.29. The number of carbonyl (C=O) groups excluding carboxylic acids is 1. The molecule has 3 aliphatic carbocycles. The first-order valence-corrected chi connectivity index (χ1v) is 11.2. The van der Waals surface area contributed by atoms with Crippen molar-refractivity contribution in [1.82, 2.24) is 0 Å². The third kappa shape index (κ3) is 5.20. The molecule has 0 radical (unpaired) electrons. The normalized spacial score (nSPS) is 18.2. The first-order chi connectivity index (χ1) is 13.3. The van der Waals surface area contributed by atoms with E-state index in [1.807, 2.05) is 30.3 Å². The van der Waals surface area contributed by atoms with E-state index >= 15 is 0 Å². The monoisotopic (exact) mass is 404 g/mol. The van der Waals surface area contributed by atoms with Crippen molar-refractivity contribution in [2.24, 2.45) is 0 Å². The number of fused-ring (bicyclic) bond motifs is 1. The molecule has 0 spiro atoms. The summed E-state index contributed by atoms with van der Waals surface area (Å²) in [5.74, 6) is -0.131. The average molecular weight is 404 g/mol. The zero-order valence-corrected chi connectivity index (χ0v) is 17.8. The van der Waals surface area contributed by atoms with Crippen LogP contribution < -0.4 is 10.2 Å². The van der Waals surface area contributed by atoms with E-state index in [1.165, 1.54) is 51.4 Å². The van der Waals surface area contributed by atoms with Crippen LogP contribution in [0.4, 0.5) is 0 Å². The van der Waals surface area contributed by atoms with Gasteiger partial charge in [-0.25, -0.2) is 0 Å². The van der Waals surface area contributed by atoms with Gasteiger partial charge in [0.15, 0.2) is 0 Å². The van der Waals surface area contributed by atoms with Crippen LogP contribution in [-0.4, -0.2) is 20.2 Å². The van der Waals surface area contributed by atoms with Crippen molar-refractivity contribution in [3.05, 3.63) is 58.2 Å². The maximum atomic E-state index is 12.3. The molecule has 0 aliphatic heterocycles. The molecule has 5 heteroatoms. The van der Waals surface area contributed by atoms with Crippen molar-refractivity contribution >= 4 is 5.97 Å². The summed E-state index contributed by atoms with van der Waals surface area (Å²) in [5.41, 5.74) is 7.35. The Morgan fingerprint density at radius 1 is 0.852 bits per heavy atom. The SMILES string of the molecule is C[O-].C[O-].O=C([O][Ti+2][CH]1C2=C(CCCC2)C2=C1CCCC2)c1ccccc1. The summed E-state index contributed by atoms with van der Waals surface area (Å²) in [5, 5.41) is 16.5. The standard InChI is InChI=1S/C13H17.C7H6O2.2CH3O.Ti/c1-3-7-12-10(5-1)9-11-6-2-4-8-13(11)12;8-7(9)6-4-2-1-3-5-6;2*1-2;/h9H,1-8H2;1-5H,(H,8,9);2*1H3;/q;;2*-1;+3/p-1. The molecule has 0 saturated carbocycles. The van der Waals surface area contributed by atoms with E-state index in [9.17, 15) is 4.79 Å². The van der Waals surface area contributed by atoms with E-state index in [0.29, 0.717) is 9.79 Å². The summed E-state index contributed by atoms with van der Waals surface area (Å²) in [6.45, 7) is 0. The number of allylic oxidation sites excluding steroid dienone is 4. The van der Waals surface area contributed by atoms with E-state index in [-0.39, 0.29) is 5.97 Å². The Kier molecular flexibility index (Phi) is 9.50. The van der Waals surface area contributed by atoms with Gasteiger partial charge in [0.25, 0.3) is 0 Å². The van der Waals surface area contributed by atoms with Gasteiger partial charge in [-0.05, 0) is 0 Å². The summed E-state index contributed by atoms with van der Waals surface area (Å²) >= 11 is -0.757. The maximum absolute atomic E-state index is 12.3. The summed E-state index contributed by atoms with van der Waals surface area (Å²) in [7, 11) is 1.50. The molecule has 0 bridgehead atoms. The molecule has 0 heterocycles. The third-order valence-electron chi connectivity index (χ3n) is 5.36. The molecular formula is C22H28O4Ti. The summed E-state index contributed by atoms with van der Waals surface area (Å²) in [6.07, 6.45) is 10.3. The Morgan fingerprint density at radius 2 is 1.33 bits per heavy atom. The van der Waals surface area contributed by atoms with Crippen LogP contribution in [-0.2, 0) is 22.9 Å². The van der Waals surface area contributed by atoms with Gasteiger partial charge in [-0.2, -0.15) is 14.2 Å². The molecule has 1 aromatic carbocycles. The second kappa shape index (κ2) is 11.6. The quantitative estimate of drug-likeness (QED) is 0.725. The zero-order chi connectivity index (χ0) is 19.6. The molecule has 4 nitrogen and oxygen atoms in total. The Morgan fingerprint density at radius 3 is 1.85 bits per heavy atom. The molecule has 27 heavy (non-hydrogen) atoms. The van der Waals surface area contributed by atoms with Gasteiger partial charge in [-0.15, -0.1) is 0 Å². The number of hydrogen-bond donors (Lipinski definition) is 0. The van der Waals surface area contributed by atoms with Crippen molar-refractivity contribution in [3.63, 3.8) is 0 Å². The summed E-state index contributed by atoms with van der Waals surface area (Å²) < 4.78 is 6.34. The van der Waals surface area contributed by atoms with E-state index < -0.39 is 19.5 Å². The Bertz CT molecular complexity index is 647. The number of rotatable bonds is 3. The Hall–Kier alpha value is -1.20. The minimum absolute atomic E-state index is 0.131. The molecular weight excluding hydrogens is 376 g/mol. The van der Waals surface area contributed by atoms with Crippen molar-refractivity contribution in [3.8, 4) is 0 Å². The van der Waals surface area contributed by atoms with Gasteiger partial charge in [0, 0.05) is 0 Å². The van der Waals surface area contributed by atoms with Gasteiger partial charge < -0.3 is 10.2 Å². The summed E-state index contributed by atoms with van der Waals surface area (Å²) in [6, 6.07) is 9.42. The van der Waals surface area contributed by atoms with Gasteiger partial charge in [0.05, 0.1) is 0 Å². The van der Waals surface area contributed by atoms with Gasteiger partial charge in [0.2, 0.25) is 0 Å². The molecule has 144 valence electrons. The second-order valence-corrected chi connectivity index (χ2v) is 8.32. The Balaban J connectivity index is 0.000000614. The predicted octanol–water partition coefficient (Wildman–Crippen LogP) is 3.34. The molecule has 1 aromatic rings.